The molecular weight excluding hydrogens is 258 g/mol. The lowest BCUT2D eigenvalue weighted by atomic mass is 10.4. The Morgan fingerprint density at radius 1 is 1.33 bits per heavy atom. The van der Waals surface area contributed by atoms with E-state index >= 15 is 0 Å². The van der Waals surface area contributed by atoms with Crippen LogP contribution in [0.3, 0.4) is 0 Å². The predicted molar refractivity (Wildman–Crippen MR) is 64.4 cm³/mol. The second-order valence-corrected chi connectivity index (χ2v) is 4.15. The molecule has 1 heterocycles. The SMILES string of the molecule is COCCN(C)c1nc(Cl)c(Cl)cc1Cl. The van der Waals surface area contributed by atoms with Crippen LogP contribution in [0.1, 0.15) is 0 Å². The molecule has 0 spiro atoms. The summed E-state index contributed by atoms with van der Waals surface area (Å²) in [6, 6.07) is 1.58. The second kappa shape index (κ2) is 5.75. The van der Waals surface area contributed by atoms with Crippen molar-refractivity contribution in [1.29, 1.82) is 0 Å². The molecule has 0 saturated carbocycles. The Bertz CT molecular complexity index is 346. The summed E-state index contributed by atoms with van der Waals surface area (Å²) in [7, 11) is 3.50. The Balaban J connectivity index is 2.88. The predicted octanol–water partition coefficient (Wildman–Crippen LogP) is 3.12. The summed E-state index contributed by atoms with van der Waals surface area (Å²) in [5.41, 5.74) is 0. The van der Waals surface area contributed by atoms with Gasteiger partial charge >= 0.3 is 0 Å². The third-order valence-corrected chi connectivity index (χ3v) is 2.81. The third kappa shape index (κ3) is 3.38. The topological polar surface area (TPSA) is 25.4 Å². The zero-order valence-corrected chi connectivity index (χ0v) is 10.7. The van der Waals surface area contributed by atoms with E-state index in [9.17, 15) is 0 Å². The van der Waals surface area contributed by atoms with Crippen molar-refractivity contribution in [3.63, 3.8) is 0 Å². The lowest BCUT2D eigenvalue weighted by molar-refractivity contribution is 0.206. The van der Waals surface area contributed by atoms with Gasteiger partial charge < -0.3 is 9.64 Å². The van der Waals surface area contributed by atoms with Crippen molar-refractivity contribution in [3.8, 4) is 0 Å². The number of aromatic nitrogens is 1. The van der Waals surface area contributed by atoms with Crippen LogP contribution in [0.4, 0.5) is 5.82 Å². The van der Waals surface area contributed by atoms with Gasteiger partial charge in [0.05, 0.1) is 16.7 Å². The number of ether oxygens (including phenoxy) is 1. The minimum absolute atomic E-state index is 0.250. The summed E-state index contributed by atoms with van der Waals surface area (Å²) in [6.45, 7) is 1.27. The van der Waals surface area contributed by atoms with Crippen molar-refractivity contribution in [2.24, 2.45) is 0 Å². The van der Waals surface area contributed by atoms with Gasteiger partial charge in [-0.15, -0.1) is 0 Å². The Morgan fingerprint density at radius 2 is 2.00 bits per heavy atom. The molecule has 6 heteroatoms. The van der Waals surface area contributed by atoms with Gasteiger partial charge in [-0.05, 0) is 6.07 Å². The molecule has 0 aliphatic heterocycles. The molecule has 1 aromatic heterocycles. The van der Waals surface area contributed by atoms with Crippen molar-refractivity contribution >= 4 is 40.6 Å². The molecule has 0 radical (unpaired) electrons. The summed E-state index contributed by atoms with van der Waals surface area (Å²) in [5.74, 6) is 0.600. The fourth-order valence-corrected chi connectivity index (χ4v) is 1.67. The lowest BCUT2D eigenvalue weighted by Gasteiger charge is -2.19. The zero-order chi connectivity index (χ0) is 11.4. The van der Waals surface area contributed by atoms with E-state index in [4.69, 9.17) is 39.5 Å². The number of nitrogens with zero attached hydrogens (tertiary/aromatic N) is 2. The monoisotopic (exact) mass is 268 g/mol. The van der Waals surface area contributed by atoms with Crippen LogP contribution in [0, 0.1) is 0 Å². The molecule has 0 atom stereocenters. The van der Waals surface area contributed by atoms with Crippen LogP contribution < -0.4 is 4.90 Å². The summed E-state index contributed by atoms with van der Waals surface area (Å²) in [4.78, 5) is 5.95. The average Bonchev–Trinajstić information content (AvgIpc) is 2.20. The maximum absolute atomic E-state index is 5.99. The van der Waals surface area contributed by atoms with Crippen LogP contribution in [-0.4, -0.2) is 32.3 Å². The molecule has 0 aliphatic rings. The normalized spacial score (nSPS) is 10.5. The van der Waals surface area contributed by atoms with Crippen molar-refractivity contribution in [1.82, 2.24) is 4.98 Å². The van der Waals surface area contributed by atoms with Crippen LogP contribution in [0.5, 0.6) is 0 Å². The van der Waals surface area contributed by atoms with Crippen molar-refractivity contribution in [2.45, 2.75) is 0 Å². The number of halogens is 3. The third-order valence-electron chi connectivity index (χ3n) is 1.86. The van der Waals surface area contributed by atoms with E-state index in [1.165, 1.54) is 0 Å². The van der Waals surface area contributed by atoms with E-state index in [0.717, 1.165) is 0 Å². The van der Waals surface area contributed by atoms with E-state index in [-0.39, 0.29) is 5.15 Å². The molecule has 0 bridgehead atoms. The first-order chi connectivity index (χ1) is 7.06. The van der Waals surface area contributed by atoms with Gasteiger partial charge in [-0.1, -0.05) is 34.8 Å². The van der Waals surface area contributed by atoms with E-state index in [1.807, 2.05) is 11.9 Å². The fourth-order valence-electron chi connectivity index (χ4n) is 1.04. The summed E-state index contributed by atoms with van der Waals surface area (Å²) in [5, 5.41) is 1.08. The molecule has 0 saturated heterocycles. The Labute approximate surface area is 104 Å². The summed E-state index contributed by atoms with van der Waals surface area (Å²) >= 11 is 17.6. The number of pyridine rings is 1. The highest BCUT2D eigenvalue weighted by Gasteiger charge is 2.11. The summed E-state index contributed by atoms with van der Waals surface area (Å²) in [6.07, 6.45) is 0. The van der Waals surface area contributed by atoms with Crippen molar-refractivity contribution in [3.05, 3.63) is 21.3 Å². The van der Waals surface area contributed by atoms with Crippen LogP contribution >= 0.6 is 34.8 Å². The maximum Gasteiger partial charge on any atom is 0.150 e. The van der Waals surface area contributed by atoms with Gasteiger partial charge in [-0.25, -0.2) is 4.98 Å². The quantitative estimate of drug-likeness (QED) is 0.785. The minimum Gasteiger partial charge on any atom is -0.383 e. The number of hydrogen-bond donors (Lipinski definition) is 0. The lowest BCUT2D eigenvalue weighted by Crippen LogP contribution is -2.23. The van der Waals surface area contributed by atoms with E-state index < -0.39 is 0 Å². The molecule has 1 aromatic rings. The molecule has 84 valence electrons. The Kier molecular flexibility index (Phi) is 4.93. The van der Waals surface area contributed by atoms with Crippen LogP contribution in [-0.2, 0) is 4.74 Å². The zero-order valence-electron chi connectivity index (χ0n) is 8.43. The van der Waals surface area contributed by atoms with Crippen molar-refractivity contribution in [2.75, 3.05) is 32.2 Å². The van der Waals surface area contributed by atoms with Gasteiger partial charge in [0, 0.05) is 20.7 Å². The standard InChI is InChI=1S/C9H11Cl3N2O/c1-14(3-4-15-2)9-7(11)5-6(10)8(12)13-9/h5H,3-4H2,1-2H3. The van der Waals surface area contributed by atoms with Crippen LogP contribution in [0.2, 0.25) is 15.2 Å². The van der Waals surface area contributed by atoms with Gasteiger partial charge in [-0.3, -0.25) is 0 Å². The van der Waals surface area contributed by atoms with E-state index in [1.54, 1.807) is 13.2 Å². The molecule has 0 fully saturated rings. The Morgan fingerprint density at radius 3 is 2.60 bits per heavy atom. The summed E-state index contributed by atoms with van der Waals surface area (Å²) < 4.78 is 4.96. The first kappa shape index (κ1) is 12.8. The molecular formula is C9H11Cl3N2O. The molecule has 3 nitrogen and oxygen atoms in total. The van der Waals surface area contributed by atoms with Crippen LogP contribution in [0.15, 0.2) is 6.07 Å². The van der Waals surface area contributed by atoms with Crippen LogP contribution in [0.25, 0.3) is 0 Å². The molecule has 0 N–H and O–H groups in total. The average molecular weight is 270 g/mol. The van der Waals surface area contributed by atoms with E-state index in [2.05, 4.69) is 4.98 Å². The Hall–Kier alpha value is -0.220. The first-order valence-electron chi connectivity index (χ1n) is 4.28. The smallest absolute Gasteiger partial charge is 0.150 e. The minimum atomic E-state index is 0.250. The largest absolute Gasteiger partial charge is 0.383 e. The molecule has 0 amide bonds. The highest BCUT2D eigenvalue weighted by molar-refractivity contribution is 6.42. The van der Waals surface area contributed by atoms with Gasteiger partial charge in [0.25, 0.3) is 0 Å². The molecule has 0 aliphatic carbocycles. The molecule has 1 rings (SSSR count). The number of methoxy groups -OCH3 is 1. The fraction of sp³-hybridized carbons (Fsp3) is 0.444. The number of hydrogen-bond acceptors (Lipinski definition) is 3. The van der Waals surface area contributed by atoms with Gasteiger partial charge in [0.1, 0.15) is 11.0 Å². The maximum atomic E-state index is 5.99. The second-order valence-electron chi connectivity index (χ2n) is 2.98. The van der Waals surface area contributed by atoms with Gasteiger partial charge in [0.15, 0.2) is 0 Å². The number of likely N-dealkylation sites (N-methyl/N-ethyl adjacent to an activating group) is 1. The highest BCUT2D eigenvalue weighted by Crippen LogP contribution is 2.30. The molecule has 0 aromatic carbocycles. The van der Waals surface area contributed by atoms with Crippen molar-refractivity contribution < 1.29 is 4.74 Å². The first-order valence-corrected chi connectivity index (χ1v) is 5.41. The number of rotatable bonds is 4. The van der Waals surface area contributed by atoms with Gasteiger partial charge in [0.2, 0.25) is 0 Å². The van der Waals surface area contributed by atoms with E-state index in [0.29, 0.717) is 29.0 Å². The van der Waals surface area contributed by atoms with Gasteiger partial charge in [-0.2, -0.15) is 0 Å². The molecule has 15 heavy (non-hydrogen) atoms. The number of anilines is 1. The molecule has 0 unspecified atom stereocenters. The highest BCUT2D eigenvalue weighted by atomic mass is 35.5.